The maximum absolute atomic E-state index is 11.6. The number of nitrogens with zero attached hydrogens (tertiary/aromatic N) is 3. The zero-order chi connectivity index (χ0) is 12.5. The first-order chi connectivity index (χ1) is 8.78. The standard InChI is InChI=1S/C13H14N4O/c14-7-9-2-1-3-12(16-9)17-10-4-5-11(17)8-15-13(18)6-10/h1-3,10-11H,4-6,8H2,(H,15,18)/t10-,11+/m0/s1. The van der Waals surface area contributed by atoms with Gasteiger partial charge in [-0.2, -0.15) is 5.26 Å². The quantitative estimate of drug-likeness (QED) is 0.791. The largest absolute Gasteiger partial charge is 0.354 e. The molecule has 3 rings (SSSR count). The van der Waals surface area contributed by atoms with Crippen LogP contribution in [0.1, 0.15) is 25.0 Å². The normalized spacial score (nSPS) is 26.4. The molecule has 1 aromatic heterocycles. The van der Waals surface area contributed by atoms with E-state index in [1.807, 2.05) is 12.1 Å². The molecule has 2 atom stereocenters. The first kappa shape index (κ1) is 11.0. The van der Waals surface area contributed by atoms with Gasteiger partial charge in [0.2, 0.25) is 5.91 Å². The van der Waals surface area contributed by atoms with E-state index in [4.69, 9.17) is 5.26 Å². The molecule has 92 valence electrons. The van der Waals surface area contributed by atoms with Gasteiger partial charge in [0, 0.05) is 25.0 Å². The second-order valence-corrected chi connectivity index (χ2v) is 4.79. The molecule has 0 spiro atoms. The monoisotopic (exact) mass is 242 g/mol. The summed E-state index contributed by atoms with van der Waals surface area (Å²) in [5.41, 5.74) is 0.426. The van der Waals surface area contributed by atoms with E-state index >= 15 is 0 Å². The van der Waals surface area contributed by atoms with Crippen molar-refractivity contribution in [3.8, 4) is 6.07 Å². The van der Waals surface area contributed by atoms with Gasteiger partial charge in [-0.05, 0) is 25.0 Å². The number of carbonyl (C=O) groups is 1. The van der Waals surface area contributed by atoms with E-state index in [9.17, 15) is 4.79 Å². The van der Waals surface area contributed by atoms with Gasteiger partial charge >= 0.3 is 0 Å². The molecule has 0 saturated carbocycles. The molecule has 1 aromatic rings. The van der Waals surface area contributed by atoms with Crippen LogP contribution in [0.5, 0.6) is 0 Å². The molecule has 0 aliphatic carbocycles. The van der Waals surface area contributed by atoms with Crippen LogP contribution in [0, 0.1) is 11.3 Å². The lowest BCUT2D eigenvalue weighted by molar-refractivity contribution is -0.121. The van der Waals surface area contributed by atoms with E-state index in [1.54, 1.807) is 6.07 Å². The van der Waals surface area contributed by atoms with E-state index in [0.29, 0.717) is 24.7 Å². The Hall–Kier alpha value is -2.09. The lowest BCUT2D eigenvalue weighted by Gasteiger charge is -2.28. The summed E-state index contributed by atoms with van der Waals surface area (Å²) in [6.45, 7) is 0.674. The Morgan fingerprint density at radius 1 is 1.39 bits per heavy atom. The average molecular weight is 242 g/mol. The van der Waals surface area contributed by atoms with Crippen LogP contribution in [-0.2, 0) is 4.79 Å². The zero-order valence-electron chi connectivity index (χ0n) is 9.97. The number of rotatable bonds is 1. The third-order valence-corrected chi connectivity index (χ3v) is 3.69. The maximum atomic E-state index is 11.6. The topological polar surface area (TPSA) is 69.0 Å². The third kappa shape index (κ3) is 1.80. The Balaban J connectivity index is 1.95. The molecule has 2 fully saturated rings. The number of aromatic nitrogens is 1. The number of fused-ring (bicyclic) bond motifs is 2. The third-order valence-electron chi connectivity index (χ3n) is 3.69. The van der Waals surface area contributed by atoms with Crippen molar-refractivity contribution in [1.29, 1.82) is 5.26 Å². The van der Waals surface area contributed by atoms with Gasteiger partial charge in [-0.15, -0.1) is 0 Å². The lowest BCUT2D eigenvalue weighted by atomic mass is 10.1. The van der Waals surface area contributed by atoms with Gasteiger partial charge < -0.3 is 10.2 Å². The van der Waals surface area contributed by atoms with Crippen molar-refractivity contribution in [2.24, 2.45) is 0 Å². The molecular formula is C13H14N4O. The van der Waals surface area contributed by atoms with Crippen molar-refractivity contribution in [2.45, 2.75) is 31.3 Å². The fraction of sp³-hybridized carbons (Fsp3) is 0.462. The van der Waals surface area contributed by atoms with Gasteiger partial charge in [0.1, 0.15) is 17.6 Å². The van der Waals surface area contributed by atoms with Crippen LogP contribution < -0.4 is 10.2 Å². The molecule has 5 heteroatoms. The molecule has 2 bridgehead atoms. The molecular weight excluding hydrogens is 228 g/mol. The fourth-order valence-electron chi connectivity index (χ4n) is 2.88. The number of hydrogen-bond acceptors (Lipinski definition) is 4. The van der Waals surface area contributed by atoms with Crippen LogP contribution in [0.25, 0.3) is 0 Å². The maximum Gasteiger partial charge on any atom is 0.222 e. The highest BCUT2D eigenvalue weighted by Gasteiger charge is 2.38. The van der Waals surface area contributed by atoms with Crippen LogP contribution >= 0.6 is 0 Å². The minimum Gasteiger partial charge on any atom is -0.354 e. The van der Waals surface area contributed by atoms with Gasteiger partial charge in [-0.25, -0.2) is 4.98 Å². The summed E-state index contributed by atoms with van der Waals surface area (Å²) in [6.07, 6.45) is 2.62. The van der Waals surface area contributed by atoms with E-state index in [2.05, 4.69) is 21.3 Å². The van der Waals surface area contributed by atoms with Crippen molar-refractivity contribution in [2.75, 3.05) is 11.4 Å². The van der Waals surface area contributed by atoms with Crippen LogP contribution in [0.4, 0.5) is 5.82 Å². The molecule has 1 amide bonds. The van der Waals surface area contributed by atoms with Crippen LogP contribution in [0.2, 0.25) is 0 Å². The van der Waals surface area contributed by atoms with E-state index in [0.717, 1.165) is 18.7 Å². The second-order valence-electron chi connectivity index (χ2n) is 4.79. The first-order valence-electron chi connectivity index (χ1n) is 6.20. The summed E-state index contributed by atoms with van der Waals surface area (Å²) < 4.78 is 0. The number of carbonyl (C=O) groups excluding carboxylic acids is 1. The molecule has 0 aromatic carbocycles. The smallest absolute Gasteiger partial charge is 0.222 e. The first-order valence-corrected chi connectivity index (χ1v) is 6.20. The Kier molecular flexibility index (Phi) is 2.63. The molecule has 5 nitrogen and oxygen atoms in total. The number of hydrogen-bond donors (Lipinski definition) is 1. The van der Waals surface area contributed by atoms with E-state index in [1.165, 1.54) is 0 Å². The van der Waals surface area contributed by atoms with Gasteiger partial charge in [0.25, 0.3) is 0 Å². The molecule has 2 aliphatic rings. The molecule has 0 radical (unpaired) electrons. The molecule has 1 N–H and O–H groups in total. The highest BCUT2D eigenvalue weighted by molar-refractivity contribution is 5.78. The number of nitriles is 1. The number of anilines is 1. The van der Waals surface area contributed by atoms with Crippen molar-refractivity contribution in [3.63, 3.8) is 0 Å². The van der Waals surface area contributed by atoms with Crippen molar-refractivity contribution < 1.29 is 4.79 Å². The second kappa shape index (κ2) is 4.30. The molecule has 0 unspecified atom stereocenters. The Labute approximate surface area is 105 Å². The minimum atomic E-state index is 0.114. The van der Waals surface area contributed by atoms with Gasteiger partial charge in [0.15, 0.2) is 0 Å². The van der Waals surface area contributed by atoms with E-state index in [-0.39, 0.29) is 11.9 Å². The molecule has 2 saturated heterocycles. The van der Waals surface area contributed by atoms with Crippen LogP contribution in [-0.4, -0.2) is 29.5 Å². The predicted molar refractivity (Wildman–Crippen MR) is 65.9 cm³/mol. The summed E-state index contributed by atoms with van der Waals surface area (Å²) in [6, 6.07) is 8.06. The lowest BCUT2D eigenvalue weighted by Crippen LogP contribution is -2.38. The highest BCUT2D eigenvalue weighted by Crippen LogP contribution is 2.32. The molecule has 3 heterocycles. The van der Waals surface area contributed by atoms with Crippen LogP contribution in [0.3, 0.4) is 0 Å². The summed E-state index contributed by atoms with van der Waals surface area (Å²) in [4.78, 5) is 18.1. The Morgan fingerprint density at radius 3 is 3.06 bits per heavy atom. The fourth-order valence-corrected chi connectivity index (χ4v) is 2.88. The number of pyridine rings is 1. The van der Waals surface area contributed by atoms with Crippen molar-refractivity contribution in [3.05, 3.63) is 23.9 Å². The Bertz CT molecular complexity index is 522. The predicted octanol–water partition coefficient (Wildman–Crippen LogP) is 0.811. The summed E-state index contributed by atoms with van der Waals surface area (Å²) >= 11 is 0. The van der Waals surface area contributed by atoms with E-state index < -0.39 is 0 Å². The Morgan fingerprint density at radius 2 is 2.22 bits per heavy atom. The van der Waals surface area contributed by atoms with Crippen molar-refractivity contribution >= 4 is 11.7 Å². The zero-order valence-corrected chi connectivity index (χ0v) is 9.97. The average Bonchev–Trinajstić information content (AvgIpc) is 2.70. The summed E-state index contributed by atoms with van der Waals surface area (Å²) in [7, 11) is 0. The number of nitrogens with one attached hydrogen (secondary N) is 1. The van der Waals surface area contributed by atoms with Gasteiger partial charge in [-0.1, -0.05) is 6.07 Å². The van der Waals surface area contributed by atoms with Crippen LogP contribution in [0.15, 0.2) is 18.2 Å². The van der Waals surface area contributed by atoms with Gasteiger partial charge in [-0.3, -0.25) is 4.79 Å². The SMILES string of the molecule is N#Cc1cccc(N2[C@@H]3CC[C@H]2CC(=O)NC3)n1. The summed E-state index contributed by atoms with van der Waals surface area (Å²) in [5, 5.41) is 11.8. The minimum absolute atomic E-state index is 0.114. The molecule has 2 aliphatic heterocycles. The van der Waals surface area contributed by atoms with Gasteiger partial charge in [0.05, 0.1) is 0 Å². The molecule has 18 heavy (non-hydrogen) atoms. The highest BCUT2D eigenvalue weighted by atomic mass is 16.1. The summed E-state index contributed by atoms with van der Waals surface area (Å²) in [5.74, 6) is 0.932. The number of amides is 1. The van der Waals surface area contributed by atoms with Crippen molar-refractivity contribution in [1.82, 2.24) is 10.3 Å².